The molecule has 0 radical (unpaired) electrons. The smallest absolute Gasteiger partial charge is 0.0532 e. The Hall–Kier alpha value is -1.28. The molecule has 2 aromatic rings. The third kappa shape index (κ3) is 1.23. The van der Waals surface area contributed by atoms with Crippen LogP contribution >= 0.6 is 0 Å². The number of aryl methyl sites for hydroxylation is 1. The maximum absolute atomic E-state index is 3.58. The van der Waals surface area contributed by atoms with Crippen molar-refractivity contribution in [2.24, 2.45) is 0 Å². The van der Waals surface area contributed by atoms with Gasteiger partial charge in [0.25, 0.3) is 0 Å². The number of H-pyrrole nitrogens is 1. The van der Waals surface area contributed by atoms with Crippen LogP contribution in [0.25, 0.3) is 10.9 Å². The highest BCUT2D eigenvalue weighted by Gasteiger charge is 2.30. The van der Waals surface area contributed by atoms with Gasteiger partial charge in [0.2, 0.25) is 0 Å². The second kappa shape index (κ2) is 3.11. The summed E-state index contributed by atoms with van der Waals surface area (Å²) >= 11 is 0. The Morgan fingerprint density at radius 2 is 2.06 bits per heavy atom. The largest absolute Gasteiger partial charge is 0.357 e. The summed E-state index contributed by atoms with van der Waals surface area (Å²) in [6.45, 7) is 7.76. The summed E-state index contributed by atoms with van der Waals surface area (Å²) in [6, 6.07) is 6.50. The molecule has 0 aliphatic carbocycles. The standard InChI is InChI=1S/C14H18N2/c1-9-5-4-6-11-12(9)10-7-8-15-14(2,3)13(10)16-11/h4-6,15-16H,7-8H2,1-3H3. The lowest BCUT2D eigenvalue weighted by Gasteiger charge is -2.31. The molecule has 0 saturated carbocycles. The van der Waals surface area contributed by atoms with Gasteiger partial charge in [-0.25, -0.2) is 0 Å². The van der Waals surface area contributed by atoms with Gasteiger partial charge >= 0.3 is 0 Å². The molecule has 84 valence electrons. The van der Waals surface area contributed by atoms with Gasteiger partial charge in [0.1, 0.15) is 0 Å². The molecule has 0 saturated heterocycles. The average molecular weight is 214 g/mol. The molecule has 0 fully saturated rings. The van der Waals surface area contributed by atoms with Crippen LogP contribution in [0, 0.1) is 6.92 Å². The highest BCUT2D eigenvalue weighted by Crippen LogP contribution is 2.34. The number of fused-ring (bicyclic) bond motifs is 3. The van der Waals surface area contributed by atoms with Gasteiger partial charge in [-0.05, 0) is 44.4 Å². The van der Waals surface area contributed by atoms with E-state index in [1.807, 2.05) is 0 Å². The Balaban J connectivity index is 2.38. The zero-order valence-corrected chi connectivity index (χ0v) is 10.1. The zero-order chi connectivity index (χ0) is 11.3. The van der Waals surface area contributed by atoms with Crippen LogP contribution in [0.2, 0.25) is 0 Å². The van der Waals surface area contributed by atoms with Crippen LogP contribution in [-0.2, 0) is 12.0 Å². The lowest BCUT2D eigenvalue weighted by atomic mass is 9.89. The second-order valence-corrected chi connectivity index (χ2v) is 5.28. The molecular formula is C14H18N2. The maximum Gasteiger partial charge on any atom is 0.0532 e. The molecule has 16 heavy (non-hydrogen) atoms. The van der Waals surface area contributed by atoms with Crippen LogP contribution < -0.4 is 5.32 Å². The summed E-state index contributed by atoms with van der Waals surface area (Å²) < 4.78 is 0. The van der Waals surface area contributed by atoms with Crippen molar-refractivity contribution in [3.63, 3.8) is 0 Å². The molecule has 1 aromatic carbocycles. The van der Waals surface area contributed by atoms with Gasteiger partial charge in [-0.2, -0.15) is 0 Å². The summed E-state index contributed by atoms with van der Waals surface area (Å²) in [6.07, 6.45) is 1.13. The Morgan fingerprint density at radius 1 is 1.25 bits per heavy atom. The van der Waals surface area contributed by atoms with Gasteiger partial charge in [-0.15, -0.1) is 0 Å². The summed E-state index contributed by atoms with van der Waals surface area (Å²) in [5.74, 6) is 0. The first-order chi connectivity index (χ1) is 7.59. The Kier molecular flexibility index (Phi) is 1.93. The topological polar surface area (TPSA) is 27.8 Å². The summed E-state index contributed by atoms with van der Waals surface area (Å²) in [7, 11) is 0. The van der Waals surface area contributed by atoms with Crippen molar-refractivity contribution in [2.45, 2.75) is 32.7 Å². The van der Waals surface area contributed by atoms with Crippen molar-refractivity contribution in [2.75, 3.05) is 6.54 Å². The van der Waals surface area contributed by atoms with E-state index >= 15 is 0 Å². The summed E-state index contributed by atoms with van der Waals surface area (Å²) in [4.78, 5) is 3.58. The fourth-order valence-corrected chi connectivity index (χ4v) is 2.88. The number of aromatic nitrogens is 1. The van der Waals surface area contributed by atoms with E-state index in [9.17, 15) is 0 Å². The molecular weight excluding hydrogens is 196 g/mol. The monoisotopic (exact) mass is 214 g/mol. The molecule has 2 nitrogen and oxygen atoms in total. The van der Waals surface area contributed by atoms with E-state index in [0.717, 1.165) is 13.0 Å². The van der Waals surface area contributed by atoms with Crippen LogP contribution in [0.15, 0.2) is 18.2 Å². The molecule has 1 aliphatic heterocycles. The quantitative estimate of drug-likeness (QED) is 0.693. The third-order valence-electron chi connectivity index (χ3n) is 3.70. The molecule has 1 aromatic heterocycles. The van der Waals surface area contributed by atoms with E-state index in [4.69, 9.17) is 0 Å². The third-order valence-corrected chi connectivity index (χ3v) is 3.70. The van der Waals surface area contributed by atoms with E-state index in [-0.39, 0.29) is 5.54 Å². The number of benzene rings is 1. The van der Waals surface area contributed by atoms with Gasteiger partial charge in [0.05, 0.1) is 5.54 Å². The summed E-state index contributed by atoms with van der Waals surface area (Å²) in [5, 5.41) is 5.00. The first-order valence-corrected chi connectivity index (χ1v) is 5.95. The Bertz CT molecular complexity index is 549. The van der Waals surface area contributed by atoms with Crippen LogP contribution in [0.5, 0.6) is 0 Å². The van der Waals surface area contributed by atoms with E-state index in [1.54, 1.807) is 0 Å². The number of hydrogen-bond acceptors (Lipinski definition) is 1. The highest BCUT2D eigenvalue weighted by molar-refractivity contribution is 5.88. The van der Waals surface area contributed by atoms with E-state index in [1.165, 1.54) is 27.7 Å². The fraction of sp³-hybridized carbons (Fsp3) is 0.429. The van der Waals surface area contributed by atoms with Gasteiger partial charge in [0, 0.05) is 23.1 Å². The van der Waals surface area contributed by atoms with Crippen molar-refractivity contribution in [3.8, 4) is 0 Å². The first-order valence-electron chi connectivity index (χ1n) is 5.95. The van der Waals surface area contributed by atoms with Crippen molar-refractivity contribution in [1.82, 2.24) is 10.3 Å². The number of aromatic amines is 1. The van der Waals surface area contributed by atoms with Crippen molar-refractivity contribution < 1.29 is 0 Å². The number of nitrogens with one attached hydrogen (secondary N) is 2. The Labute approximate surface area is 96.1 Å². The van der Waals surface area contributed by atoms with E-state index < -0.39 is 0 Å². The predicted octanol–water partition coefficient (Wildman–Crippen LogP) is 2.86. The molecule has 0 amide bonds. The minimum Gasteiger partial charge on any atom is -0.357 e. The summed E-state index contributed by atoms with van der Waals surface area (Å²) in [5.41, 5.74) is 5.60. The fourth-order valence-electron chi connectivity index (χ4n) is 2.88. The molecule has 2 N–H and O–H groups in total. The van der Waals surface area contributed by atoms with Crippen LogP contribution in [0.4, 0.5) is 0 Å². The minimum atomic E-state index is 0.0685. The molecule has 0 unspecified atom stereocenters. The molecule has 2 heteroatoms. The van der Waals surface area contributed by atoms with Crippen LogP contribution in [-0.4, -0.2) is 11.5 Å². The van der Waals surface area contributed by atoms with E-state index in [0.29, 0.717) is 0 Å². The molecule has 0 bridgehead atoms. The van der Waals surface area contributed by atoms with Gasteiger partial charge in [-0.1, -0.05) is 12.1 Å². The SMILES string of the molecule is Cc1cccc2[nH]c3c(c12)CCNC3(C)C. The van der Waals surface area contributed by atoms with Crippen molar-refractivity contribution in [3.05, 3.63) is 35.0 Å². The number of rotatable bonds is 0. The zero-order valence-electron chi connectivity index (χ0n) is 10.1. The molecule has 2 heterocycles. The highest BCUT2D eigenvalue weighted by atomic mass is 15.0. The minimum absolute atomic E-state index is 0.0685. The maximum atomic E-state index is 3.58. The first kappa shape index (κ1) is 9.91. The van der Waals surface area contributed by atoms with Gasteiger partial charge in [-0.3, -0.25) is 0 Å². The molecule has 3 rings (SSSR count). The lowest BCUT2D eigenvalue weighted by molar-refractivity contribution is 0.374. The van der Waals surface area contributed by atoms with Gasteiger partial charge < -0.3 is 10.3 Å². The van der Waals surface area contributed by atoms with Crippen molar-refractivity contribution in [1.29, 1.82) is 0 Å². The van der Waals surface area contributed by atoms with Gasteiger partial charge in [0.15, 0.2) is 0 Å². The molecule has 0 atom stereocenters. The molecule has 1 aliphatic rings. The predicted molar refractivity (Wildman–Crippen MR) is 67.8 cm³/mol. The van der Waals surface area contributed by atoms with E-state index in [2.05, 4.69) is 49.3 Å². The van der Waals surface area contributed by atoms with Crippen molar-refractivity contribution >= 4 is 10.9 Å². The lowest BCUT2D eigenvalue weighted by Crippen LogP contribution is -2.42. The normalized spacial score (nSPS) is 18.7. The Morgan fingerprint density at radius 3 is 2.88 bits per heavy atom. The van der Waals surface area contributed by atoms with Crippen LogP contribution in [0.3, 0.4) is 0 Å². The van der Waals surface area contributed by atoms with Crippen LogP contribution in [0.1, 0.15) is 30.7 Å². The average Bonchev–Trinajstić information content (AvgIpc) is 2.59. The molecule has 0 spiro atoms. The number of hydrogen-bond donors (Lipinski definition) is 2. The second-order valence-electron chi connectivity index (χ2n) is 5.28.